The number of nitrogens with one attached hydrogen (secondary N) is 2. The van der Waals surface area contributed by atoms with Crippen molar-refractivity contribution in [1.82, 2.24) is 10.3 Å². The minimum Gasteiger partial charge on any atom is -0.356 e. The maximum absolute atomic E-state index is 11.9. The molecule has 4 N–H and O–H groups in total. The van der Waals surface area contributed by atoms with Gasteiger partial charge in [0.25, 0.3) is 0 Å². The Hall–Kier alpha value is -2.25. The topological polar surface area (TPSA) is 97.1 Å². The number of anilines is 1. The molecule has 2 aromatic rings. The molecule has 0 saturated carbocycles. The monoisotopic (exact) mass is 360 g/mol. The second-order valence-corrected chi connectivity index (χ2v) is 7.36. The molecule has 6 nitrogen and oxygen atoms in total. The molecule has 0 spiro atoms. The van der Waals surface area contributed by atoms with Crippen molar-refractivity contribution in [3.63, 3.8) is 0 Å². The summed E-state index contributed by atoms with van der Waals surface area (Å²) in [6, 6.07) is 8.15. The fraction of sp³-hybridized carbons (Fsp3) is 0.389. The summed E-state index contributed by atoms with van der Waals surface area (Å²) >= 11 is 1.37. The Morgan fingerprint density at radius 3 is 2.52 bits per heavy atom. The largest absolute Gasteiger partial charge is 0.356 e. The van der Waals surface area contributed by atoms with E-state index < -0.39 is 5.54 Å². The van der Waals surface area contributed by atoms with Crippen molar-refractivity contribution in [3.05, 3.63) is 35.2 Å². The molecule has 7 heteroatoms. The lowest BCUT2D eigenvalue weighted by Gasteiger charge is -2.16. The van der Waals surface area contributed by atoms with Crippen molar-refractivity contribution in [2.24, 2.45) is 5.73 Å². The number of hydrogen-bond donors (Lipinski definition) is 3. The van der Waals surface area contributed by atoms with Gasteiger partial charge in [-0.1, -0.05) is 24.3 Å². The van der Waals surface area contributed by atoms with Crippen molar-refractivity contribution in [2.45, 2.75) is 39.2 Å². The molecule has 25 heavy (non-hydrogen) atoms. The Balaban J connectivity index is 1.94. The van der Waals surface area contributed by atoms with Gasteiger partial charge in [-0.05, 0) is 32.3 Å². The first-order valence-corrected chi connectivity index (χ1v) is 9.03. The third-order valence-corrected chi connectivity index (χ3v) is 4.33. The molecule has 0 aliphatic heterocycles. The number of aromatic nitrogens is 1. The molecule has 0 radical (unpaired) electrons. The molecular formula is C18H24N4O2S. The number of carbonyl (C=O) groups is 2. The lowest BCUT2D eigenvalue weighted by molar-refractivity contribution is -0.120. The van der Waals surface area contributed by atoms with Gasteiger partial charge in [0.1, 0.15) is 0 Å². The van der Waals surface area contributed by atoms with E-state index >= 15 is 0 Å². The molecule has 2 amide bonds. The van der Waals surface area contributed by atoms with Crippen LogP contribution in [0.1, 0.15) is 32.8 Å². The van der Waals surface area contributed by atoms with Crippen LogP contribution in [0, 0.1) is 0 Å². The normalized spacial score (nSPS) is 11.2. The van der Waals surface area contributed by atoms with Crippen LogP contribution < -0.4 is 16.4 Å². The molecule has 0 unspecified atom stereocenters. The number of amides is 2. The van der Waals surface area contributed by atoms with Gasteiger partial charge in [0.15, 0.2) is 5.13 Å². The Kier molecular flexibility index (Phi) is 6.27. The van der Waals surface area contributed by atoms with E-state index in [9.17, 15) is 9.59 Å². The highest BCUT2D eigenvalue weighted by atomic mass is 32.1. The van der Waals surface area contributed by atoms with E-state index in [2.05, 4.69) is 27.8 Å². The number of hydrogen-bond acceptors (Lipinski definition) is 5. The molecule has 0 fully saturated rings. The van der Waals surface area contributed by atoms with Crippen molar-refractivity contribution < 1.29 is 9.59 Å². The Morgan fingerprint density at radius 1 is 1.24 bits per heavy atom. The lowest BCUT2D eigenvalue weighted by Crippen LogP contribution is -2.45. The summed E-state index contributed by atoms with van der Waals surface area (Å²) in [5, 5.41) is 7.97. The van der Waals surface area contributed by atoms with Crippen molar-refractivity contribution in [3.8, 4) is 11.3 Å². The van der Waals surface area contributed by atoms with Crippen LogP contribution in [0.5, 0.6) is 0 Å². The van der Waals surface area contributed by atoms with Crippen LogP contribution >= 0.6 is 11.3 Å². The SMILES string of the molecule is CC(=O)NCCCc1ccc(-c2csc(NC(=O)C(C)(C)N)n2)cc1. The van der Waals surface area contributed by atoms with Crippen LogP contribution in [0.2, 0.25) is 0 Å². The summed E-state index contributed by atoms with van der Waals surface area (Å²) in [5.41, 5.74) is 7.85. The summed E-state index contributed by atoms with van der Waals surface area (Å²) in [6.45, 7) is 5.51. The zero-order valence-electron chi connectivity index (χ0n) is 14.8. The second kappa shape index (κ2) is 8.22. The highest BCUT2D eigenvalue weighted by Crippen LogP contribution is 2.25. The first kappa shape index (κ1) is 19.1. The van der Waals surface area contributed by atoms with Gasteiger partial charge in [0, 0.05) is 24.4 Å². The Morgan fingerprint density at radius 2 is 1.92 bits per heavy atom. The quantitative estimate of drug-likeness (QED) is 0.661. The van der Waals surface area contributed by atoms with E-state index in [0.29, 0.717) is 11.7 Å². The third kappa shape index (κ3) is 5.95. The summed E-state index contributed by atoms with van der Waals surface area (Å²) in [5.74, 6) is -0.261. The number of carbonyl (C=O) groups excluding carboxylic acids is 2. The smallest absolute Gasteiger partial charge is 0.245 e. The highest BCUT2D eigenvalue weighted by molar-refractivity contribution is 7.14. The molecular weight excluding hydrogens is 336 g/mol. The number of aryl methyl sites for hydroxylation is 1. The standard InChI is InChI=1S/C18H24N4O2S/c1-12(23)20-10-4-5-13-6-8-14(9-7-13)15-11-25-17(21-15)22-16(24)18(2,3)19/h6-9,11H,4-5,10,19H2,1-3H3,(H,20,23)(H,21,22,24). The highest BCUT2D eigenvalue weighted by Gasteiger charge is 2.22. The van der Waals surface area contributed by atoms with E-state index in [-0.39, 0.29) is 11.8 Å². The zero-order valence-corrected chi connectivity index (χ0v) is 15.6. The second-order valence-electron chi connectivity index (χ2n) is 6.50. The molecule has 0 aliphatic rings. The lowest BCUT2D eigenvalue weighted by atomic mass is 10.1. The van der Waals surface area contributed by atoms with Crippen LogP contribution in [0.15, 0.2) is 29.6 Å². The number of nitrogens with zero attached hydrogens (tertiary/aromatic N) is 1. The van der Waals surface area contributed by atoms with Crippen molar-refractivity contribution >= 4 is 28.3 Å². The van der Waals surface area contributed by atoms with Crippen LogP contribution in [0.4, 0.5) is 5.13 Å². The average Bonchev–Trinajstić information content (AvgIpc) is 2.99. The summed E-state index contributed by atoms with van der Waals surface area (Å²) in [6.07, 6.45) is 1.81. The van der Waals surface area contributed by atoms with Crippen LogP contribution in [-0.4, -0.2) is 28.9 Å². The third-order valence-electron chi connectivity index (χ3n) is 3.58. The number of nitrogens with two attached hydrogens (primary N) is 1. The Bertz CT molecular complexity index is 732. The molecule has 1 aromatic heterocycles. The predicted molar refractivity (Wildman–Crippen MR) is 101 cm³/mol. The number of thiazole rings is 1. The minimum atomic E-state index is -0.940. The van der Waals surface area contributed by atoms with Crippen LogP contribution in [0.25, 0.3) is 11.3 Å². The molecule has 0 bridgehead atoms. The molecule has 2 rings (SSSR count). The zero-order chi connectivity index (χ0) is 18.4. The van der Waals surface area contributed by atoms with Crippen LogP contribution in [-0.2, 0) is 16.0 Å². The molecule has 1 heterocycles. The minimum absolute atomic E-state index is 0.000187. The van der Waals surface area contributed by atoms with E-state index in [4.69, 9.17) is 5.73 Å². The summed E-state index contributed by atoms with van der Waals surface area (Å²) in [7, 11) is 0. The van der Waals surface area contributed by atoms with E-state index in [1.165, 1.54) is 23.8 Å². The van der Waals surface area contributed by atoms with Crippen LogP contribution in [0.3, 0.4) is 0 Å². The molecule has 1 aromatic carbocycles. The maximum atomic E-state index is 11.9. The molecule has 134 valence electrons. The van der Waals surface area contributed by atoms with E-state index in [0.717, 1.165) is 24.1 Å². The fourth-order valence-electron chi connectivity index (χ4n) is 2.12. The first-order chi connectivity index (χ1) is 11.8. The van der Waals surface area contributed by atoms with Gasteiger partial charge in [-0.2, -0.15) is 0 Å². The van der Waals surface area contributed by atoms with Crippen molar-refractivity contribution in [1.29, 1.82) is 0 Å². The molecule has 0 atom stereocenters. The fourth-order valence-corrected chi connectivity index (χ4v) is 2.84. The van der Waals surface area contributed by atoms with Gasteiger partial charge in [-0.3, -0.25) is 9.59 Å². The van der Waals surface area contributed by atoms with Gasteiger partial charge >= 0.3 is 0 Å². The van der Waals surface area contributed by atoms with Gasteiger partial charge < -0.3 is 16.4 Å². The number of rotatable bonds is 7. The van der Waals surface area contributed by atoms with Gasteiger partial charge in [-0.25, -0.2) is 4.98 Å². The van der Waals surface area contributed by atoms with Gasteiger partial charge in [-0.15, -0.1) is 11.3 Å². The Labute approximate surface area is 151 Å². The molecule has 0 saturated heterocycles. The maximum Gasteiger partial charge on any atom is 0.245 e. The van der Waals surface area contributed by atoms with E-state index in [1.54, 1.807) is 13.8 Å². The van der Waals surface area contributed by atoms with Crippen molar-refractivity contribution in [2.75, 3.05) is 11.9 Å². The molecule has 0 aliphatic carbocycles. The van der Waals surface area contributed by atoms with Gasteiger partial charge in [0.2, 0.25) is 11.8 Å². The van der Waals surface area contributed by atoms with E-state index in [1.807, 2.05) is 17.5 Å². The first-order valence-electron chi connectivity index (χ1n) is 8.15. The summed E-state index contributed by atoms with van der Waals surface area (Å²) in [4.78, 5) is 27.2. The number of benzene rings is 1. The average molecular weight is 360 g/mol. The summed E-state index contributed by atoms with van der Waals surface area (Å²) < 4.78 is 0. The van der Waals surface area contributed by atoms with Gasteiger partial charge in [0.05, 0.1) is 11.2 Å². The predicted octanol–water partition coefficient (Wildman–Crippen LogP) is 2.55.